The van der Waals surface area contributed by atoms with Crippen LogP contribution in [0, 0.1) is 0 Å². The molecule has 118 valence electrons. The largest absolute Gasteiger partial charge is 0.468 e. The van der Waals surface area contributed by atoms with Gasteiger partial charge in [-0.15, -0.1) is 11.3 Å². The number of fused-ring (bicyclic) bond motifs is 3. The van der Waals surface area contributed by atoms with Crippen LogP contribution >= 0.6 is 23.1 Å². The van der Waals surface area contributed by atoms with Crippen molar-refractivity contribution in [3.8, 4) is 0 Å². The van der Waals surface area contributed by atoms with Gasteiger partial charge in [-0.2, -0.15) is 0 Å². The maximum absolute atomic E-state index is 12.8. The van der Waals surface area contributed by atoms with Crippen LogP contribution in [0.2, 0.25) is 0 Å². The zero-order chi connectivity index (χ0) is 15.7. The lowest BCUT2D eigenvalue weighted by Crippen LogP contribution is -2.23. The molecular formula is C15H18N2O3S2. The van der Waals surface area contributed by atoms with Gasteiger partial charge in [-0.25, -0.2) is 4.98 Å². The minimum Gasteiger partial charge on any atom is -0.468 e. The van der Waals surface area contributed by atoms with Gasteiger partial charge in [0.15, 0.2) is 5.16 Å². The highest BCUT2D eigenvalue weighted by molar-refractivity contribution is 7.99. The fourth-order valence-electron chi connectivity index (χ4n) is 2.79. The molecule has 7 heteroatoms. The van der Waals surface area contributed by atoms with Crippen molar-refractivity contribution in [1.82, 2.24) is 9.55 Å². The van der Waals surface area contributed by atoms with Crippen molar-refractivity contribution in [2.75, 3.05) is 12.9 Å². The molecule has 0 aliphatic heterocycles. The second kappa shape index (κ2) is 6.42. The molecule has 1 aliphatic rings. The van der Waals surface area contributed by atoms with Crippen molar-refractivity contribution in [2.24, 2.45) is 0 Å². The van der Waals surface area contributed by atoms with Crippen molar-refractivity contribution in [2.45, 2.75) is 44.3 Å². The van der Waals surface area contributed by atoms with Gasteiger partial charge in [0, 0.05) is 11.4 Å². The second-order valence-corrected chi connectivity index (χ2v) is 7.23. The van der Waals surface area contributed by atoms with E-state index in [0.29, 0.717) is 11.7 Å². The molecule has 2 aromatic rings. The monoisotopic (exact) mass is 338 g/mol. The van der Waals surface area contributed by atoms with Crippen LogP contribution in [0.4, 0.5) is 0 Å². The Morgan fingerprint density at radius 1 is 1.41 bits per heavy atom. The third-order valence-electron chi connectivity index (χ3n) is 3.90. The van der Waals surface area contributed by atoms with Gasteiger partial charge in [-0.05, 0) is 38.2 Å². The second-order valence-electron chi connectivity index (χ2n) is 5.20. The van der Waals surface area contributed by atoms with Crippen LogP contribution in [0.15, 0.2) is 9.95 Å². The van der Waals surface area contributed by atoms with E-state index in [2.05, 4.69) is 9.72 Å². The fourth-order valence-corrected chi connectivity index (χ4v) is 4.99. The molecule has 2 heterocycles. The van der Waals surface area contributed by atoms with Crippen molar-refractivity contribution in [3.05, 3.63) is 20.8 Å². The number of methoxy groups -OCH3 is 1. The summed E-state index contributed by atoms with van der Waals surface area (Å²) in [6, 6.07) is 0. The van der Waals surface area contributed by atoms with Gasteiger partial charge in [0.05, 0.1) is 18.2 Å². The number of ether oxygens (including phenoxy) is 1. The predicted octanol–water partition coefficient (Wildman–Crippen LogP) is 2.62. The molecule has 5 nitrogen and oxygen atoms in total. The Balaban J connectivity index is 2.10. The number of nitrogens with zero attached hydrogens (tertiary/aromatic N) is 2. The normalized spacial score (nSPS) is 14.1. The number of carbonyl (C=O) groups excluding carboxylic acids is 1. The molecule has 0 amide bonds. The Hall–Kier alpha value is -1.34. The number of aromatic nitrogens is 2. The standard InChI is InChI=1S/C15H18N2O3S2/c1-3-17-14(19)12-9-6-4-5-7-10(9)22-13(12)16-15(17)21-8-11(18)20-2/h3-8H2,1-2H3. The number of thiophene rings is 1. The van der Waals surface area contributed by atoms with Crippen molar-refractivity contribution < 1.29 is 9.53 Å². The Morgan fingerprint density at radius 2 is 2.18 bits per heavy atom. The highest BCUT2D eigenvalue weighted by Crippen LogP contribution is 2.34. The summed E-state index contributed by atoms with van der Waals surface area (Å²) in [5, 5.41) is 1.40. The van der Waals surface area contributed by atoms with Gasteiger partial charge in [0.25, 0.3) is 5.56 Å². The van der Waals surface area contributed by atoms with E-state index < -0.39 is 0 Å². The molecule has 1 aliphatic carbocycles. The number of esters is 1. The highest BCUT2D eigenvalue weighted by atomic mass is 32.2. The number of rotatable bonds is 4. The Kier molecular flexibility index (Phi) is 4.54. The van der Waals surface area contributed by atoms with Gasteiger partial charge in [0.1, 0.15) is 4.83 Å². The van der Waals surface area contributed by atoms with E-state index in [1.807, 2.05) is 6.92 Å². The summed E-state index contributed by atoms with van der Waals surface area (Å²) in [6.45, 7) is 2.48. The zero-order valence-electron chi connectivity index (χ0n) is 12.7. The molecule has 0 saturated heterocycles. The topological polar surface area (TPSA) is 61.2 Å². The fraction of sp³-hybridized carbons (Fsp3) is 0.533. The Morgan fingerprint density at radius 3 is 2.91 bits per heavy atom. The highest BCUT2D eigenvalue weighted by Gasteiger charge is 2.22. The maximum atomic E-state index is 12.8. The first-order valence-electron chi connectivity index (χ1n) is 7.40. The third-order valence-corrected chi connectivity index (χ3v) is 6.04. The number of aryl methyl sites for hydroxylation is 2. The summed E-state index contributed by atoms with van der Waals surface area (Å²) in [4.78, 5) is 30.9. The lowest BCUT2D eigenvalue weighted by Gasteiger charge is -2.11. The molecule has 0 radical (unpaired) electrons. The van der Waals surface area contributed by atoms with Crippen molar-refractivity contribution >= 4 is 39.3 Å². The van der Waals surface area contributed by atoms with Crippen molar-refractivity contribution in [1.29, 1.82) is 0 Å². The van der Waals surface area contributed by atoms with Crippen molar-refractivity contribution in [3.63, 3.8) is 0 Å². The predicted molar refractivity (Wildman–Crippen MR) is 88.9 cm³/mol. The van der Waals surface area contributed by atoms with Crippen LogP contribution in [0.25, 0.3) is 10.2 Å². The summed E-state index contributed by atoms with van der Waals surface area (Å²) in [5.41, 5.74) is 1.23. The van der Waals surface area contributed by atoms with Gasteiger partial charge < -0.3 is 4.74 Å². The summed E-state index contributed by atoms with van der Waals surface area (Å²) in [6.07, 6.45) is 4.35. The average Bonchev–Trinajstić information content (AvgIpc) is 2.91. The summed E-state index contributed by atoms with van der Waals surface area (Å²) >= 11 is 2.90. The molecule has 0 aromatic carbocycles. The summed E-state index contributed by atoms with van der Waals surface area (Å²) in [7, 11) is 1.36. The van der Waals surface area contributed by atoms with E-state index in [9.17, 15) is 9.59 Å². The number of hydrogen-bond donors (Lipinski definition) is 0. The van der Waals surface area contributed by atoms with E-state index in [0.717, 1.165) is 29.5 Å². The van der Waals surface area contributed by atoms with Crippen LogP contribution in [0.5, 0.6) is 0 Å². The van der Waals surface area contributed by atoms with Crippen LogP contribution < -0.4 is 5.56 Å². The summed E-state index contributed by atoms with van der Waals surface area (Å²) in [5.74, 6) is -0.146. The smallest absolute Gasteiger partial charge is 0.316 e. The lowest BCUT2D eigenvalue weighted by molar-refractivity contribution is -0.137. The first-order valence-corrected chi connectivity index (χ1v) is 9.20. The molecular weight excluding hydrogens is 320 g/mol. The lowest BCUT2D eigenvalue weighted by atomic mass is 9.97. The number of thioether (sulfide) groups is 1. The molecule has 0 saturated carbocycles. The van der Waals surface area contributed by atoms with Gasteiger partial charge in [-0.3, -0.25) is 14.2 Å². The first-order chi connectivity index (χ1) is 10.7. The Bertz CT molecular complexity index is 779. The SMILES string of the molecule is CCn1c(SCC(=O)OC)nc2sc3c(c2c1=O)CCCC3. The maximum Gasteiger partial charge on any atom is 0.316 e. The Labute approximate surface area is 136 Å². The molecule has 0 N–H and O–H groups in total. The van der Waals surface area contributed by atoms with Crippen LogP contribution in [0.1, 0.15) is 30.2 Å². The molecule has 22 heavy (non-hydrogen) atoms. The van der Waals surface area contributed by atoms with Crippen LogP contribution in [-0.2, 0) is 28.9 Å². The third kappa shape index (κ3) is 2.67. The van der Waals surface area contributed by atoms with Crippen LogP contribution in [0.3, 0.4) is 0 Å². The number of carbonyl (C=O) groups is 1. The summed E-state index contributed by atoms with van der Waals surface area (Å²) < 4.78 is 6.32. The van der Waals surface area contributed by atoms with E-state index in [1.54, 1.807) is 15.9 Å². The zero-order valence-corrected chi connectivity index (χ0v) is 14.3. The molecule has 0 bridgehead atoms. The first kappa shape index (κ1) is 15.6. The molecule has 0 spiro atoms. The average molecular weight is 338 g/mol. The molecule has 0 fully saturated rings. The molecule has 0 atom stereocenters. The molecule has 2 aromatic heterocycles. The van der Waals surface area contributed by atoms with Gasteiger partial charge in [-0.1, -0.05) is 11.8 Å². The van der Waals surface area contributed by atoms with E-state index in [4.69, 9.17) is 0 Å². The van der Waals surface area contributed by atoms with E-state index in [-0.39, 0.29) is 17.3 Å². The van der Waals surface area contributed by atoms with Gasteiger partial charge >= 0.3 is 5.97 Å². The quantitative estimate of drug-likeness (QED) is 0.487. The molecule has 0 unspecified atom stereocenters. The van der Waals surface area contributed by atoms with Gasteiger partial charge in [0.2, 0.25) is 0 Å². The molecule has 3 rings (SSSR count). The van der Waals surface area contributed by atoms with Crippen LogP contribution in [-0.4, -0.2) is 28.4 Å². The number of hydrogen-bond acceptors (Lipinski definition) is 6. The van der Waals surface area contributed by atoms with E-state index >= 15 is 0 Å². The minimum atomic E-state index is -0.313. The minimum absolute atomic E-state index is 0.0271. The van der Waals surface area contributed by atoms with E-state index in [1.165, 1.54) is 35.7 Å².